The summed E-state index contributed by atoms with van der Waals surface area (Å²) < 4.78 is 0. The van der Waals surface area contributed by atoms with E-state index >= 15 is 0 Å². The van der Waals surface area contributed by atoms with E-state index in [0.29, 0.717) is 11.3 Å². The van der Waals surface area contributed by atoms with E-state index < -0.39 is 24.3 Å². The van der Waals surface area contributed by atoms with Gasteiger partial charge in [0.1, 0.15) is 6.54 Å². The first kappa shape index (κ1) is 17.0. The SMILES string of the molecule is C#Cc1cccc(NC(=O)CN2C(=O)c3cc(Cl)c(Cl)cc3C2=O)c1. The molecule has 7 heteroatoms. The van der Waals surface area contributed by atoms with E-state index in [1.807, 2.05) is 0 Å². The Morgan fingerprint density at radius 3 is 2.24 bits per heavy atom. The van der Waals surface area contributed by atoms with Crippen LogP contribution >= 0.6 is 23.2 Å². The summed E-state index contributed by atoms with van der Waals surface area (Å²) >= 11 is 11.8. The zero-order chi connectivity index (χ0) is 18.1. The van der Waals surface area contributed by atoms with Gasteiger partial charge in [0, 0.05) is 11.3 Å². The van der Waals surface area contributed by atoms with Gasteiger partial charge in [-0.25, -0.2) is 0 Å². The zero-order valence-electron chi connectivity index (χ0n) is 12.7. The molecule has 3 rings (SSSR count). The molecule has 0 unspecified atom stereocenters. The van der Waals surface area contributed by atoms with Crippen molar-refractivity contribution in [2.45, 2.75) is 0 Å². The van der Waals surface area contributed by atoms with Crippen LogP contribution in [0.15, 0.2) is 36.4 Å². The predicted molar refractivity (Wildman–Crippen MR) is 94.8 cm³/mol. The maximum Gasteiger partial charge on any atom is 0.262 e. The van der Waals surface area contributed by atoms with E-state index in [2.05, 4.69) is 11.2 Å². The summed E-state index contributed by atoms with van der Waals surface area (Å²) in [4.78, 5) is 37.7. The number of terminal acetylenes is 1. The smallest absolute Gasteiger partial charge is 0.262 e. The van der Waals surface area contributed by atoms with Crippen molar-refractivity contribution < 1.29 is 14.4 Å². The van der Waals surface area contributed by atoms with Crippen molar-refractivity contribution in [3.8, 4) is 12.3 Å². The lowest BCUT2D eigenvalue weighted by Gasteiger charge is -2.13. The highest BCUT2D eigenvalue weighted by atomic mass is 35.5. The first-order valence-corrected chi connectivity index (χ1v) is 7.88. The largest absolute Gasteiger partial charge is 0.324 e. The summed E-state index contributed by atoms with van der Waals surface area (Å²) in [5.41, 5.74) is 1.33. The highest BCUT2D eigenvalue weighted by Gasteiger charge is 2.37. The molecule has 1 N–H and O–H groups in total. The Bertz CT molecular complexity index is 922. The molecule has 1 aliphatic heterocycles. The molecular formula is C18H10Cl2N2O3. The molecule has 1 heterocycles. The van der Waals surface area contributed by atoms with Crippen LogP contribution in [0.3, 0.4) is 0 Å². The molecule has 0 bridgehead atoms. The van der Waals surface area contributed by atoms with Gasteiger partial charge in [0.25, 0.3) is 11.8 Å². The Kier molecular flexibility index (Phi) is 4.49. The molecule has 0 spiro atoms. The lowest BCUT2D eigenvalue weighted by Crippen LogP contribution is -2.37. The van der Waals surface area contributed by atoms with Crippen molar-refractivity contribution >= 4 is 46.6 Å². The molecule has 0 aromatic heterocycles. The third-order valence-electron chi connectivity index (χ3n) is 3.63. The average molecular weight is 373 g/mol. The predicted octanol–water partition coefficient (Wildman–Crippen LogP) is 3.21. The molecule has 25 heavy (non-hydrogen) atoms. The van der Waals surface area contributed by atoms with Gasteiger partial charge in [-0.2, -0.15) is 0 Å². The van der Waals surface area contributed by atoms with Crippen molar-refractivity contribution in [3.63, 3.8) is 0 Å². The van der Waals surface area contributed by atoms with Gasteiger partial charge >= 0.3 is 0 Å². The number of nitrogens with one attached hydrogen (secondary N) is 1. The van der Waals surface area contributed by atoms with Gasteiger partial charge in [-0.15, -0.1) is 6.42 Å². The quantitative estimate of drug-likeness (QED) is 0.664. The molecule has 0 radical (unpaired) electrons. The molecule has 2 aromatic rings. The van der Waals surface area contributed by atoms with E-state index in [0.717, 1.165) is 4.90 Å². The number of hydrogen-bond donors (Lipinski definition) is 1. The maximum atomic E-state index is 12.4. The van der Waals surface area contributed by atoms with Crippen LogP contribution in [-0.2, 0) is 4.79 Å². The van der Waals surface area contributed by atoms with Gasteiger partial charge < -0.3 is 5.32 Å². The maximum absolute atomic E-state index is 12.4. The van der Waals surface area contributed by atoms with Crippen LogP contribution in [-0.4, -0.2) is 29.2 Å². The number of benzene rings is 2. The molecule has 0 fully saturated rings. The standard InChI is InChI=1S/C18H10Cl2N2O3/c1-2-10-4-3-5-11(6-10)21-16(23)9-22-17(24)12-7-14(19)15(20)8-13(12)18(22)25/h1,3-8H,9H2,(H,21,23). The van der Waals surface area contributed by atoms with E-state index in [-0.39, 0.29) is 21.2 Å². The molecule has 2 aromatic carbocycles. The minimum Gasteiger partial charge on any atom is -0.324 e. The zero-order valence-corrected chi connectivity index (χ0v) is 14.2. The van der Waals surface area contributed by atoms with Crippen LogP contribution in [0.4, 0.5) is 5.69 Å². The van der Waals surface area contributed by atoms with Gasteiger partial charge in [0.05, 0.1) is 21.2 Å². The topological polar surface area (TPSA) is 66.5 Å². The van der Waals surface area contributed by atoms with Crippen LogP contribution in [0.25, 0.3) is 0 Å². The Morgan fingerprint density at radius 2 is 1.68 bits per heavy atom. The third kappa shape index (κ3) is 3.22. The van der Waals surface area contributed by atoms with Gasteiger partial charge in [0.15, 0.2) is 0 Å². The number of fused-ring (bicyclic) bond motifs is 1. The van der Waals surface area contributed by atoms with E-state index in [4.69, 9.17) is 29.6 Å². The summed E-state index contributed by atoms with van der Waals surface area (Å²) in [6, 6.07) is 9.33. The molecule has 0 atom stereocenters. The molecule has 1 aliphatic rings. The molecule has 0 aliphatic carbocycles. The fourth-order valence-electron chi connectivity index (χ4n) is 2.46. The molecular weight excluding hydrogens is 363 g/mol. The average Bonchev–Trinajstić information content (AvgIpc) is 2.80. The number of rotatable bonds is 3. The number of imide groups is 1. The van der Waals surface area contributed by atoms with Crippen LogP contribution < -0.4 is 5.32 Å². The minimum atomic E-state index is -0.592. The normalized spacial score (nSPS) is 12.8. The molecule has 3 amide bonds. The second kappa shape index (κ2) is 6.60. The Morgan fingerprint density at radius 1 is 1.08 bits per heavy atom. The van der Waals surface area contributed by atoms with Gasteiger partial charge in [-0.1, -0.05) is 35.2 Å². The van der Waals surface area contributed by atoms with Crippen molar-refractivity contribution in [2.24, 2.45) is 0 Å². The highest BCUT2D eigenvalue weighted by Crippen LogP contribution is 2.31. The van der Waals surface area contributed by atoms with Gasteiger partial charge in [0.2, 0.25) is 5.91 Å². The van der Waals surface area contributed by atoms with Crippen LogP contribution in [0, 0.1) is 12.3 Å². The Hall–Kier alpha value is -2.81. The first-order chi connectivity index (χ1) is 11.9. The molecule has 5 nitrogen and oxygen atoms in total. The summed E-state index contributed by atoms with van der Waals surface area (Å²) in [7, 11) is 0. The number of halogens is 2. The lowest BCUT2D eigenvalue weighted by atomic mass is 10.1. The Labute approximate surface area is 153 Å². The molecule has 124 valence electrons. The van der Waals surface area contributed by atoms with Crippen LogP contribution in [0.2, 0.25) is 10.0 Å². The van der Waals surface area contributed by atoms with Crippen molar-refractivity contribution in [1.82, 2.24) is 4.90 Å². The lowest BCUT2D eigenvalue weighted by molar-refractivity contribution is -0.116. The van der Waals surface area contributed by atoms with E-state index in [9.17, 15) is 14.4 Å². The summed E-state index contributed by atoms with van der Waals surface area (Å²) in [6.07, 6.45) is 5.31. The first-order valence-electron chi connectivity index (χ1n) is 7.12. The Balaban J connectivity index is 1.77. The highest BCUT2D eigenvalue weighted by molar-refractivity contribution is 6.43. The number of carbonyl (C=O) groups is 3. The molecule has 0 saturated heterocycles. The van der Waals surface area contributed by atoms with E-state index in [1.54, 1.807) is 24.3 Å². The molecule has 0 saturated carbocycles. The number of anilines is 1. The van der Waals surface area contributed by atoms with Gasteiger partial charge in [-0.3, -0.25) is 19.3 Å². The summed E-state index contributed by atoms with van der Waals surface area (Å²) in [6.45, 7) is -0.429. The number of amides is 3. The number of carbonyl (C=O) groups excluding carboxylic acids is 3. The summed E-state index contributed by atoms with van der Waals surface area (Å²) in [5.74, 6) is 0.745. The fraction of sp³-hybridized carbons (Fsp3) is 0.0556. The second-order valence-electron chi connectivity index (χ2n) is 5.28. The minimum absolute atomic E-state index is 0.126. The van der Waals surface area contributed by atoms with Crippen LogP contribution in [0.1, 0.15) is 26.3 Å². The number of nitrogens with zero attached hydrogens (tertiary/aromatic N) is 1. The van der Waals surface area contributed by atoms with Crippen molar-refractivity contribution in [3.05, 3.63) is 63.1 Å². The monoisotopic (exact) mass is 372 g/mol. The number of hydrogen-bond acceptors (Lipinski definition) is 3. The van der Waals surface area contributed by atoms with Crippen molar-refractivity contribution in [1.29, 1.82) is 0 Å². The third-order valence-corrected chi connectivity index (χ3v) is 4.35. The van der Waals surface area contributed by atoms with E-state index in [1.165, 1.54) is 12.1 Å². The van der Waals surface area contributed by atoms with Crippen molar-refractivity contribution in [2.75, 3.05) is 11.9 Å². The van der Waals surface area contributed by atoms with Gasteiger partial charge in [-0.05, 0) is 30.3 Å². The van der Waals surface area contributed by atoms with Crippen LogP contribution in [0.5, 0.6) is 0 Å². The second-order valence-corrected chi connectivity index (χ2v) is 6.10. The fourth-order valence-corrected chi connectivity index (χ4v) is 2.79. The summed E-state index contributed by atoms with van der Waals surface area (Å²) in [5, 5.41) is 2.93.